The highest BCUT2D eigenvalue weighted by Crippen LogP contribution is 2.33. The maximum atomic E-state index is 13.1. The summed E-state index contributed by atoms with van der Waals surface area (Å²) in [6, 6.07) is 10.6. The van der Waals surface area contributed by atoms with Crippen molar-refractivity contribution >= 4 is 33.7 Å². The first-order chi connectivity index (χ1) is 14.3. The average Bonchev–Trinajstić information content (AvgIpc) is 3.05. The van der Waals surface area contributed by atoms with E-state index in [1.54, 1.807) is 17.7 Å². The zero-order valence-electron chi connectivity index (χ0n) is 15.9. The number of hydrogen-bond acceptors (Lipinski definition) is 4. The molecule has 4 rings (SSSR count). The van der Waals surface area contributed by atoms with Crippen LogP contribution in [0, 0.1) is 0 Å². The monoisotopic (exact) mass is 432 g/mol. The Labute approximate surface area is 174 Å². The standard InChI is InChI=1S/C20H17F3N5OS/c1-27-17-6-5-12(16-11-30-19(29)28(26-16)8-7-24)10-15(17)25-18(27)13-3-2-4-14(9-13)20(21,22)23/h2-6,9-10,24H,7-8,11H2,1H3/q-1. The summed E-state index contributed by atoms with van der Waals surface area (Å²) in [7, 11) is 1.76. The first-order valence-electron chi connectivity index (χ1n) is 9.09. The Morgan fingerprint density at radius 3 is 2.70 bits per heavy atom. The number of alkyl halides is 3. The van der Waals surface area contributed by atoms with Gasteiger partial charge in [0.25, 0.3) is 0 Å². The summed E-state index contributed by atoms with van der Waals surface area (Å²) in [4.78, 5) is 16.4. The van der Waals surface area contributed by atoms with Gasteiger partial charge in [0, 0.05) is 30.5 Å². The number of thioether (sulfide) groups is 1. The lowest BCUT2D eigenvalue weighted by atomic mass is 10.1. The Hall–Kier alpha value is -2.85. The minimum Gasteiger partial charge on any atom is -0.676 e. The number of aryl methyl sites for hydroxylation is 1. The van der Waals surface area contributed by atoms with Gasteiger partial charge in [-0.05, 0) is 24.3 Å². The minimum absolute atomic E-state index is 0.0582. The fourth-order valence-corrected chi connectivity index (χ4v) is 4.05. The number of nitrogens with one attached hydrogen (secondary N) is 1. The van der Waals surface area contributed by atoms with Crippen molar-refractivity contribution in [2.24, 2.45) is 12.1 Å². The maximum Gasteiger partial charge on any atom is 0.416 e. The lowest BCUT2D eigenvalue weighted by molar-refractivity contribution is -0.137. The highest BCUT2D eigenvalue weighted by atomic mass is 32.2. The smallest absolute Gasteiger partial charge is 0.416 e. The SMILES string of the molecule is Cn1c(-c2cccc(C(F)(F)F)c2)nc2cc(C3=NN(CC[NH-])C(=O)SC3)ccc21. The molecule has 0 bridgehead atoms. The molecule has 0 saturated heterocycles. The van der Waals surface area contributed by atoms with E-state index in [9.17, 15) is 18.0 Å². The van der Waals surface area contributed by atoms with Crippen molar-refractivity contribution in [3.63, 3.8) is 0 Å². The Morgan fingerprint density at radius 2 is 1.97 bits per heavy atom. The van der Waals surface area contributed by atoms with Crippen molar-refractivity contribution in [2.75, 3.05) is 18.8 Å². The third-order valence-electron chi connectivity index (χ3n) is 4.77. The van der Waals surface area contributed by atoms with Crippen LogP contribution in [0.2, 0.25) is 0 Å². The lowest BCUT2D eigenvalue weighted by Crippen LogP contribution is -2.31. The molecule has 0 saturated carbocycles. The number of benzene rings is 2. The van der Waals surface area contributed by atoms with Crippen molar-refractivity contribution < 1.29 is 18.0 Å². The molecule has 0 spiro atoms. The van der Waals surface area contributed by atoms with Gasteiger partial charge in [0.2, 0.25) is 0 Å². The second-order valence-corrected chi connectivity index (χ2v) is 7.68. The first kappa shape index (κ1) is 20.4. The van der Waals surface area contributed by atoms with Crippen LogP contribution < -0.4 is 0 Å². The van der Waals surface area contributed by atoms with E-state index in [1.165, 1.54) is 11.1 Å². The molecule has 0 atom stereocenters. The fraction of sp³-hybridized carbons (Fsp3) is 0.250. The van der Waals surface area contributed by atoms with Crippen molar-refractivity contribution in [3.05, 3.63) is 59.3 Å². The van der Waals surface area contributed by atoms with Gasteiger partial charge in [-0.1, -0.05) is 30.0 Å². The van der Waals surface area contributed by atoms with Crippen molar-refractivity contribution in [2.45, 2.75) is 6.18 Å². The molecule has 30 heavy (non-hydrogen) atoms. The van der Waals surface area contributed by atoms with Crippen LogP contribution in [-0.2, 0) is 13.2 Å². The summed E-state index contributed by atoms with van der Waals surface area (Å²) in [5.74, 6) is 0.839. The molecule has 1 aliphatic rings. The quantitative estimate of drug-likeness (QED) is 0.570. The average molecular weight is 432 g/mol. The molecule has 0 radical (unpaired) electrons. The summed E-state index contributed by atoms with van der Waals surface area (Å²) in [5.41, 5.74) is 9.85. The van der Waals surface area contributed by atoms with Crippen LogP contribution in [0.4, 0.5) is 18.0 Å². The zero-order chi connectivity index (χ0) is 21.5. The van der Waals surface area contributed by atoms with E-state index in [0.29, 0.717) is 28.4 Å². The highest BCUT2D eigenvalue weighted by Gasteiger charge is 2.31. The van der Waals surface area contributed by atoms with Gasteiger partial charge in [-0.15, -0.1) is 6.54 Å². The van der Waals surface area contributed by atoms with E-state index in [0.717, 1.165) is 35.0 Å². The van der Waals surface area contributed by atoms with E-state index in [1.807, 2.05) is 18.2 Å². The van der Waals surface area contributed by atoms with Crippen LogP contribution in [0.5, 0.6) is 0 Å². The second kappa shape index (κ2) is 7.77. The summed E-state index contributed by atoms with van der Waals surface area (Å²) in [6.07, 6.45) is -4.42. The number of halogens is 3. The maximum absolute atomic E-state index is 13.1. The van der Waals surface area contributed by atoms with E-state index in [2.05, 4.69) is 10.1 Å². The number of carbonyl (C=O) groups excluding carboxylic acids is 1. The molecule has 0 aliphatic carbocycles. The van der Waals surface area contributed by atoms with Crippen LogP contribution in [0.3, 0.4) is 0 Å². The number of imidazole rings is 1. The number of aromatic nitrogens is 2. The molecule has 2 heterocycles. The van der Waals surface area contributed by atoms with Gasteiger partial charge in [-0.2, -0.15) is 18.3 Å². The molecule has 3 aromatic rings. The molecule has 6 nitrogen and oxygen atoms in total. The van der Waals surface area contributed by atoms with Gasteiger partial charge in [-0.3, -0.25) is 4.79 Å². The third-order valence-corrected chi connectivity index (χ3v) is 5.65. The highest BCUT2D eigenvalue weighted by molar-refractivity contribution is 8.14. The van der Waals surface area contributed by atoms with Crippen molar-refractivity contribution in [1.29, 1.82) is 0 Å². The molecule has 10 heteroatoms. The van der Waals surface area contributed by atoms with Gasteiger partial charge in [0.1, 0.15) is 5.82 Å². The summed E-state index contributed by atoms with van der Waals surface area (Å²) >= 11 is 1.12. The topological polar surface area (TPSA) is 74.3 Å². The number of fused-ring (bicyclic) bond motifs is 1. The number of carbonyl (C=O) groups is 1. The molecule has 0 fully saturated rings. The molecule has 156 valence electrons. The summed E-state index contributed by atoms with van der Waals surface area (Å²) < 4.78 is 41.0. The number of hydrazone groups is 1. The molecule has 2 aromatic carbocycles. The zero-order valence-corrected chi connectivity index (χ0v) is 16.7. The largest absolute Gasteiger partial charge is 0.676 e. The fourth-order valence-electron chi connectivity index (χ4n) is 3.28. The van der Waals surface area contributed by atoms with Crippen LogP contribution in [-0.4, -0.2) is 44.4 Å². The van der Waals surface area contributed by atoms with Gasteiger partial charge < -0.3 is 10.3 Å². The van der Waals surface area contributed by atoms with Crippen LogP contribution >= 0.6 is 11.8 Å². The number of hydrogen-bond donors (Lipinski definition) is 0. The number of rotatable bonds is 4. The van der Waals surface area contributed by atoms with Gasteiger partial charge in [-0.25, -0.2) is 9.99 Å². The second-order valence-electron chi connectivity index (χ2n) is 6.75. The summed E-state index contributed by atoms with van der Waals surface area (Å²) in [6.45, 7) is 0.281. The van der Waals surface area contributed by atoms with Gasteiger partial charge in [0.05, 0.1) is 22.3 Å². The molecule has 1 N–H and O–H groups in total. The van der Waals surface area contributed by atoms with Crippen LogP contribution in [0.25, 0.3) is 28.2 Å². The molecule has 1 aromatic heterocycles. The molecule has 0 unspecified atom stereocenters. The molecule has 1 aliphatic heterocycles. The van der Waals surface area contributed by atoms with E-state index in [4.69, 9.17) is 5.73 Å². The Kier molecular flexibility index (Phi) is 5.29. The van der Waals surface area contributed by atoms with Crippen LogP contribution in [0.1, 0.15) is 11.1 Å². The third kappa shape index (κ3) is 3.80. The number of nitrogens with zero attached hydrogens (tertiary/aromatic N) is 4. The number of amides is 1. The normalized spacial score (nSPS) is 15.0. The first-order valence-corrected chi connectivity index (χ1v) is 10.1. The predicted octanol–water partition coefficient (Wildman–Crippen LogP) is 5.18. The van der Waals surface area contributed by atoms with E-state index >= 15 is 0 Å². The molecular formula is C20H17F3N5OS-. The lowest BCUT2D eigenvalue weighted by Gasteiger charge is -2.23. The van der Waals surface area contributed by atoms with E-state index < -0.39 is 11.7 Å². The summed E-state index contributed by atoms with van der Waals surface area (Å²) in [5, 5.41) is 5.46. The predicted molar refractivity (Wildman–Crippen MR) is 111 cm³/mol. The van der Waals surface area contributed by atoms with Gasteiger partial charge in [0.15, 0.2) is 0 Å². The Morgan fingerprint density at radius 1 is 1.17 bits per heavy atom. The molecular weight excluding hydrogens is 415 g/mol. The van der Waals surface area contributed by atoms with Crippen molar-refractivity contribution in [3.8, 4) is 11.4 Å². The Bertz CT molecular complexity index is 1160. The van der Waals surface area contributed by atoms with E-state index in [-0.39, 0.29) is 18.3 Å². The van der Waals surface area contributed by atoms with Crippen LogP contribution in [0.15, 0.2) is 47.6 Å². The molecule has 1 amide bonds. The van der Waals surface area contributed by atoms with Gasteiger partial charge >= 0.3 is 11.4 Å². The minimum atomic E-state index is -4.42. The van der Waals surface area contributed by atoms with Crippen molar-refractivity contribution in [1.82, 2.24) is 14.6 Å². The Balaban J connectivity index is 1.74.